The van der Waals surface area contributed by atoms with Crippen molar-refractivity contribution in [3.63, 3.8) is 0 Å². The first kappa shape index (κ1) is 19.1. The fourth-order valence-corrected chi connectivity index (χ4v) is 2.40. The Labute approximate surface area is 162 Å². The molecule has 1 N–H and O–H groups in total. The number of hydrogen-bond donors (Lipinski definition) is 1. The number of para-hydroxylation sites is 2. The average molecular weight is 402 g/mol. The summed E-state index contributed by atoms with van der Waals surface area (Å²) >= 11 is 5.70. The Balaban J connectivity index is 1.53. The molecule has 10 heteroatoms. The molecule has 0 bridgehead atoms. The molecule has 142 valence electrons. The maximum Gasteiger partial charge on any atom is 0.331 e. The van der Waals surface area contributed by atoms with Crippen LogP contribution in [0, 0.1) is 10.1 Å². The number of oxazole rings is 1. The Morgan fingerprint density at radius 3 is 2.82 bits per heavy atom. The highest BCUT2D eigenvalue weighted by molar-refractivity contribution is 6.32. The van der Waals surface area contributed by atoms with Gasteiger partial charge in [0.25, 0.3) is 11.6 Å². The maximum absolute atomic E-state index is 11.8. The molecule has 2 aromatic carbocycles. The molecule has 0 unspecified atom stereocenters. The Morgan fingerprint density at radius 2 is 2.07 bits per heavy atom. The zero-order chi connectivity index (χ0) is 20.1. The van der Waals surface area contributed by atoms with Crippen molar-refractivity contribution in [1.82, 2.24) is 4.98 Å². The third-order valence-corrected chi connectivity index (χ3v) is 3.76. The maximum atomic E-state index is 11.8. The first-order valence-corrected chi connectivity index (χ1v) is 8.24. The van der Waals surface area contributed by atoms with Gasteiger partial charge >= 0.3 is 5.97 Å². The molecule has 0 aliphatic rings. The number of nitrogens with zero attached hydrogens (tertiary/aromatic N) is 2. The van der Waals surface area contributed by atoms with Crippen LogP contribution >= 0.6 is 11.6 Å². The minimum Gasteiger partial charge on any atom is -0.452 e. The smallest absolute Gasteiger partial charge is 0.331 e. The molecule has 0 saturated carbocycles. The molecular formula is C18H12ClN3O6. The van der Waals surface area contributed by atoms with Crippen molar-refractivity contribution in [2.24, 2.45) is 0 Å². The molecule has 28 heavy (non-hydrogen) atoms. The minimum atomic E-state index is -0.778. The summed E-state index contributed by atoms with van der Waals surface area (Å²) in [5.74, 6) is -1.23. The highest BCUT2D eigenvalue weighted by Crippen LogP contribution is 2.27. The van der Waals surface area contributed by atoms with E-state index in [1.807, 2.05) is 0 Å². The average Bonchev–Trinajstić information content (AvgIpc) is 3.09. The van der Waals surface area contributed by atoms with Gasteiger partial charge in [0.2, 0.25) is 5.89 Å². The second kappa shape index (κ2) is 8.31. The Morgan fingerprint density at radius 1 is 1.29 bits per heavy atom. The summed E-state index contributed by atoms with van der Waals surface area (Å²) < 4.78 is 10.2. The fourth-order valence-electron chi connectivity index (χ4n) is 2.21. The number of halogens is 1. The first-order valence-electron chi connectivity index (χ1n) is 7.86. The van der Waals surface area contributed by atoms with Gasteiger partial charge in [0.1, 0.15) is 10.5 Å². The molecule has 3 aromatic rings. The van der Waals surface area contributed by atoms with Crippen LogP contribution in [0.5, 0.6) is 0 Å². The van der Waals surface area contributed by atoms with Crippen LogP contribution < -0.4 is 5.32 Å². The van der Waals surface area contributed by atoms with E-state index in [2.05, 4.69) is 10.3 Å². The number of amides is 1. The number of nitrogens with one attached hydrogen (secondary N) is 1. The summed E-state index contributed by atoms with van der Waals surface area (Å²) in [6.45, 7) is -0.576. The number of aromatic nitrogens is 1. The van der Waals surface area contributed by atoms with Gasteiger partial charge in [0.05, 0.1) is 4.92 Å². The molecule has 9 nitrogen and oxygen atoms in total. The molecule has 0 spiro atoms. The van der Waals surface area contributed by atoms with Crippen molar-refractivity contribution < 1.29 is 23.7 Å². The largest absolute Gasteiger partial charge is 0.452 e. The van der Waals surface area contributed by atoms with Crippen molar-refractivity contribution in [3.05, 3.63) is 69.6 Å². The SMILES string of the molecule is O=C(COC(=O)/C=C/c1nc2ccccc2o1)Nc1ccc(Cl)c([N+](=O)[O-])c1. The molecule has 0 atom stereocenters. The lowest BCUT2D eigenvalue weighted by atomic mass is 10.3. The highest BCUT2D eigenvalue weighted by Gasteiger charge is 2.14. The number of carbonyl (C=O) groups excluding carboxylic acids is 2. The summed E-state index contributed by atoms with van der Waals surface area (Å²) in [7, 11) is 0. The van der Waals surface area contributed by atoms with Crippen molar-refractivity contribution in [2.45, 2.75) is 0 Å². The van der Waals surface area contributed by atoms with Gasteiger partial charge in [0, 0.05) is 23.9 Å². The second-order valence-electron chi connectivity index (χ2n) is 5.43. The number of benzene rings is 2. The van der Waals surface area contributed by atoms with Gasteiger partial charge < -0.3 is 14.5 Å². The molecule has 1 aromatic heterocycles. The third kappa shape index (κ3) is 4.71. The van der Waals surface area contributed by atoms with Crippen LogP contribution in [0.15, 0.2) is 53.0 Å². The van der Waals surface area contributed by atoms with Crippen LogP contribution in [0.3, 0.4) is 0 Å². The number of fused-ring (bicyclic) bond motifs is 1. The lowest BCUT2D eigenvalue weighted by Crippen LogP contribution is -2.20. The third-order valence-electron chi connectivity index (χ3n) is 3.44. The fraction of sp³-hybridized carbons (Fsp3) is 0.0556. The van der Waals surface area contributed by atoms with Gasteiger partial charge in [-0.2, -0.15) is 0 Å². The van der Waals surface area contributed by atoms with Gasteiger partial charge in [-0.3, -0.25) is 14.9 Å². The number of anilines is 1. The molecule has 1 amide bonds. The number of hydrogen-bond acceptors (Lipinski definition) is 7. The van der Waals surface area contributed by atoms with Gasteiger partial charge in [-0.25, -0.2) is 9.78 Å². The van der Waals surface area contributed by atoms with E-state index < -0.39 is 23.4 Å². The number of nitro groups is 1. The molecule has 0 radical (unpaired) electrons. The zero-order valence-electron chi connectivity index (χ0n) is 14.1. The predicted molar refractivity (Wildman–Crippen MR) is 101 cm³/mol. The van der Waals surface area contributed by atoms with E-state index in [1.165, 1.54) is 18.2 Å². The summed E-state index contributed by atoms with van der Waals surface area (Å²) in [6.07, 6.45) is 2.40. The van der Waals surface area contributed by atoms with Crippen LogP contribution in [-0.4, -0.2) is 28.4 Å². The standard InChI is InChI=1S/C18H12ClN3O6/c19-12-6-5-11(9-14(12)22(25)26)20-16(23)10-27-18(24)8-7-17-21-13-3-1-2-4-15(13)28-17/h1-9H,10H2,(H,20,23)/b8-7+. The summed E-state index contributed by atoms with van der Waals surface area (Å²) in [6, 6.07) is 10.9. The van der Waals surface area contributed by atoms with E-state index in [4.69, 9.17) is 20.8 Å². The van der Waals surface area contributed by atoms with E-state index in [0.717, 1.165) is 12.1 Å². The number of nitro benzene ring substituents is 1. The van der Waals surface area contributed by atoms with Crippen molar-refractivity contribution in [1.29, 1.82) is 0 Å². The summed E-state index contributed by atoms with van der Waals surface area (Å²) in [5, 5.41) is 13.2. The molecule has 0 aliphatic carbocycles. The van der Waals surface area contributed by atoms with E-state index in [9.17, 15) is 19.7 Å². The Bertz CT molecular complexity index is 1060. The molecular weight excluding hydrogens is 390 g/mol. The lowest BCUT2D eigenvalue weighted by molar-refractivity contribution is -0.384. The Kier molecular flexibility index (Phi) is 5.66. The molecule has 3 rings (SSSR count). The number of esters is 1. The Hall–Kier alpha value is -3.72. The van der Waals surface area contributed by atoms with E-state index >= 15 is 0 Å². The van der Waals surface area contributed by atoms with Crippen molar-refractivity contribution >= 4 is 52.0 Å². The van der Waals surface area contributed by atoms with Crippen molar-refractivity contribution in [2.75, 3.05) is 11.9 Å². The zero-order valence-corrected chi connectivity index (χ0v) is 14.9. The lowest BCUT2D eigenvalue weighted by Gasteiger charge is -2.05. The van der Waals surface area contributed by atoms with Gasteiger partial charge in [0.15, 0.2) is 12.2 Å². The van der Waals surface area contributed by atoms with Crippen LogP contribution in [0.25, 0.3) is 17.2 Å². The first-order chi connectivity index (χ1) is 13.4. The second-order valence-corrected chi connectivity index (χ2v) is 5.84. The molecule has 0 fully saturated rings. The quantitative estimate of drug-likeness (QED) is 0.289. The number of carbonyl (C=O) groups is 2. The minimum absolute atomic E-state index is 0.0567. The van der Waals surface area contributed by atoms with Gasteiger partial charge in [-0.1, -0.05) is 23.7 Å². The summed E-state index contributed by atoms with van der Waals surface area (Å²) in [5.41, 5.74) is 1.02. The van der Waals surface area contributed by atoms with E-state index in [1.54, 1.807) is 24.3 Å². The monoisotopic (exact) mass is 401 g/mol. The molecule has 0 aliphatic heterocycles. The highest BCUT2D eigenvalue weighted by atomic mass is 35.5. The normalized spacial score (nSPS) is 10.9. The number of ether oxygens (including phenoxy) is 1. The molecule has 1 heterocycles. The van der Waals surface area contributed by atoms with Crippen molar-refractivity contribution in [3.8, 4) is 0 Å². The van der Waals surface area contributed by atoms with Gasteiger partial charge in [-0.05, 0) is 24.3 Å². The predicted octanol–water partition coefficient (Wildman–Crippen LogP) is 3.58. The van der Waals surface area contributed by atoms with Crippen LogP contribution in [0.4, 0.5) is 11.4 Å². The van der Waals surface area contributed by atoms with Crippen LogP contribution in [-0.2, 0) is 14.3 Å². The summed E-state index contributed by atoms with van der Waals surface area (Å²) in [4.78, 5) is 37.9. The topological polar surface area (TPSA) is 125 Å². The number of rotatable bonds is 6. The van der Waals surface area contributed by atoms with Crippen LogP contribution in [0.1, 0.15) is 5.89 Å². The molecule has 0 saturated heterocycles. The van der Waals surface area contributed by atoms with E-state index in [-0.39, 0.29) is 22.3 Å². The van der Waals surface area contributed by atoms with Gasteiger partial charge in [-0.15, -0.1) is 0 Å². The van der Waals surface area contributed by atoms with Crippen LogP contribution in [0.2, 0.25) is 5.02 Å². The van der Waals surface area contributed by atoms with E-state index in [0.29, 0.717) is 11.1 Å².